The molecule has 2 aliphatic rings. The number of para-hydroxylation sites is 2. The Balaban J connectivity index is 0.00000289. The highest BCUT2D eigenvalue weighted by atomic mass is 127. The molecule has 1 saturated carbocycles. The van der Waals surface area contributed by atoms with Gasteiger partial charge in [-0.25, -0.2) is 4.99 Å². The summed E-state index contributed by atoms with van der Waals surface area (Å²) in [5.74, 6) is 4.08. The van der Waals surface area contributed by atoms with Gasteiger partial charge in [-0.05, 0) is 30.9 Å². The maximum Gasteiger partial charge on any atom is 0.191 e. The molecule has 0 radical (unpaired) electrons. The Labute approximate surface area is 207 Å². The molecule has 1 aliphatic carbocycles. The topological polar surface area (TPSA) is 85.6 Å². The van der Waals surface area contributed by atoms with Crippen molar-refractivity contribution in [1.29, 1.82) is 0 Å². The molecule has 0 spiro atoms. The van der Waals surface area contributed by atoms with Gasteiger partial charge in [-0.2, -0.15) is 0 Å². The molecule has 1 aromatic carbocycles. The van der Waals surface area contributed by atoms with Crippen LogP contribution in [0.3, 0.4) is 0 Å². The molecule has 1 fully saturated rings. The number of halogens is 1. The zero-order chi connectivity index (χ0) is 21.5. The van der Waals surface area contributed by atoms with Gasteiger partial charge < -0.3 is 24.7 Å². The van der Waals surface area contributed by atoms with E-state index in [1.807, 2.05) is 24.3 Å². The Kier molecular flexibility index (Phi) is 9.43. The van der Waals surface area contributed by atoms with E-state index in [0.717, 1.165) is 42.8 Å². The number of aliphatic imine (C=N–C) groups is 1. The van der Waals surface area contributed by atoms with Gasteiger partial charge in [0, 0.05) is 25.6 Å². The molecule has 0 saturated heterocycles. The number of rotatable bonds is 7. The Morgan fingerprint density at radius 1 is 1.22 bits per heavy atom. The van der Waals surface area contributed by atoms with Crippen LogP contribution in [0.15, 0.2) is 35.6 Å². The zero-order valence-electron chi connectivity index (χ0n) is 19.0. The van der Waals surface area contributed by atoms with Gasteiger partial charge in [0.2, 0.25) is 0 Å². The molecular weight excluding hydrogens is 519 g/mol. The Morgan fingerprint density at radius 3 is 2.84 bits per heavy atom. The van der Waals surface area contributed by atoms with Crippen molar-refractivity contribution in [2.45, 2.75) is 64.6 Å². The van der Waals surface area contributed by atoms with E-state index in [9.17, 15) is 0 Å². The van der Waals surface area contributed by atoms with Crippen molar-refractivity contribution in [3.63, 3.8) is 0 Å². The maximum atomic E-state index is 6.08. The molecule has 0 bridgehead atoms. The van der Waals surface area contributed by atoms with Gasteiger partial charge in [0.25, 0.3) is 0 Å². The molecule has 4 rings (SSSR count). The largest absolute Gasteiger partial charge is 0.486 e. The first-order valence-corrected chi connectivity index (χ1v) is 11.5. The van der Waals surface area contributed by atoms with Gasteiger partial charge in [-0.15, -0.1) is 34.2 Å². The molecule has 2 heterocycles. The van der Waals surface area contributed by atoms with Crippen LogP contribution in [-0.2, 0) is 13.0 Å². The lowest BCUT2D eigenvalue weighted by Gasteiger charge is -2.31. The average molecular weight is 554 g/mol. The second-order valence-corrected chi connectivity index (χ2v) is 8.42. The second-order valence-electron chi connectivity index (χ2n) is 8.42. The molecule has 2 aromatic rings. The van der Waals surface area contributed by atoms with Crippen LogP contribution in [0.5, 0.6) is 11.5 Å². The lowest BCUT2D eigenvalue weighted by molar-refractivity contribution is 0.0971. The smallest absolute Gasteiger partial charge is 0.191 e. The van der Waals surface area contributed by atoms with Crippen LogP contribution >= 0.6 is 24.0 Å². The summed E-state index contributed by atoms with van der Waals surface area (Å²) in [7, 11) is 0. The zero-order valence-corrected chi connectivity index (χ0v) is 21.3. The fourth-order valence-electron chi connectivity index (χ4n) is 4.24. The molecule has 176 valence electrons. The van der Waals surface area contributed by atoms with Crippen LogP contribution in [0.4, 0.5) is 0 Å². The van der Waals surface area contributed by atoms with Crippen molar-refractivity contribution >= 4 is 29.9 Å². The first-order chi connectivity index (χ1) is 15.2. The number of hydrogen-bond donors (Lipinski definition) is 2. The van der Waals surface area contributed by atoms with E-state index < -0.39 is 0 Å². The molecule has 9 heteroatoms. The van der Waals surface area contributed by atoms with E-state index in [1.54, 1.807) is 6.33 Å². The summed E-state index contributed by atoms with van der Waals surface area (Å²) < 4.78 is 14.0. The van der Waals surface area contributed by atoms with Crippen molar-refractivity contribution in [2.24, 2.45) is 10.9 Å². The molecule has 1 aliphatic heterocycles. The highest BCUT2D eigenvalue weighted by molar-refractivity contribution is 14.0. The third-order valence-corrected chi connectivity index (χ3v) is 6.11. The summed E-state index contributed by atoms with van der Waals surface area (Å²) in [6, 6.07) is 8.24. The highest BCUT2D eigenvalue weighted by Crippen LogP contribution is 2.30. The second kappa shape index (κ2) is 12.3. The molecule has 1 aromatic heterocycles. The average Bonchev–Trinajstić information content (AvgIpc) is 3.26. The number of fused-ring (bicyclic) bond motifs is 1. The van der Waals surface area contributed by atoms with Crippen molar-refractivity contribution in [2.75, 3.05) is 19.7 Å². The number of guanidine groups is 1. The number of aryl methyl sites for hydroxylation is 1. The summed E-state index contributed by atoms with van der Waals surface area (Å²) in [5, 5.41) is 15.4. The van der Waals surface area contributed by atoms with E-state index in [2.05, 4.69) is 39.2 Å². The maximum absolute atomic E-state index is 6.08. The van der Waals surface area contributed by atoms with Crippen LogP contribution in [0, 0.1) is 5.92 Å². The minimum Gasteiger partial charge on any atom is -0.486 e. The fraction of sp³-hybridized carbons (Fsp3) is 0.609. The molecule has 2 N–H and O–H groups in total. The number of nitrogens with zero attached hydrogens (tertiary/aromatic N) is 4. The van der Waals surface area contributed by atoms with E-state index in [-0.39, 0.29) is 30.1 Å². The summed E-state index contributed by atoms with van der Waals surface area (Å²) in [6.07, 6.45) is 7.61. The minimum absolute atomic E-state index is 0. The number of hydrogen-bond acceptors (Lipinski definition) is 5. The molecule has 32 heavy (non-hydrogen) atoms. The predicted molar refractivity (Wildman–Crippen MR) is 136 cm³/mol. The standard InChI is InChI=1S/C23H34N6O2.HI/c1-3-22-28-26-16-29(22)13-12-24-23(27-19-9-5-4-8-17(19)2)25-14-18-15-30-20-10-6-7-11-21(20)31-18;/h6-7,10-11,16-19H,3-5,8-9,12-15H2,1-2H3,(H2,24,25,27);1H. The SMILES string of the molecule is CCc1nncn1CCNC(=NCC1COc2ccccc2O1)NC1CCCCC1C.I. The summed E-state index contributed by atoms with van der Waals surface area (Å²) in [4.78, 5) is 4.86. The van der Waals surface area contributed by atoms with Gasteiger partial charge in [0.15, 0.2) is 23.6 Å². The van der Waals surface area contributed by atoms with Crippen LogP contribution in [0.1, 0.15) is 45.4 Å². The van der Waals surface area contributed by atoms with Crippen LogP contribution in [-0.4, -0.2) is 52.6 Å². The van der Waals surface area contributed by atoms with E-state index in [4.69, 9.17) is 14.5 Å². The molecule has 0 amide bonds. The fourth-order valence-corrected chi connectivity index (χ4v) is 4.24. The van der Waals surface area contributed by atoms with Crippen molar-refractivity contribution in [3.05, 3.63) is 36.4 Å². The van der Waals surface area contributed by atoms with E-state index >= 15 is 0 Å². The van der Waals surface area contributed by atoms with Gasteiger partial charge in [-0.1, -0.05) is 38.8 Å². The minimum atomic E-state index is -0.0955. The molecular formula is C23H35IN6O2. The summed E-state index contributed by atoms with van der Waals surface area (Å²) in [5.41, 5.74) is 0. The summed E-state index contributed by atoms with van der Waals surface area (Å²) in [6.45, 7) is 7.02. The lowest BCUT2D eigenvalue weighted by Crippen LogP contribution is -2.48. The van der Waals surface area contributed by atoms with Crippen LogP contribution in [0.25, 0.3) is 0 Å². The molecule has 8 nitrogen and oxygen atoms in total. The highest BCUT2D eigenvalue weighted by Gasteiger charge is 2.23. The molecule has 3 atom stereocenters. The Morgan fingerprint density at radius 2 is 2.03 bits per heavy atom. The lowest BCUT2D eigenvalue weighted by atomic mass is 9.86. The van der Waals surface area contributed by atoms with Gasteiger partial charge in [-0.3, -0.25) is 0 Å². The summed E-state index contributed by atoms with van der Waals surface area (Å²) >= 11 is 0. The van der Waals surface area contributed by atoms with Crippen LogP contribution in [0.2, 0.25) is 0 Å². The quantitative estimate of drug-likeness (QED) is 0.310. The normalized spacial score (nSPS) is 22.7. The van der Waals surface area contributed by atoms with Crippen molar-refractivity contribution in [3.8, 4) is 11.5 Å². The Bertz CT molecular complexity index is 874. The van der Waals surface area contributed by atoms with Gasteiger partial charge >= 0.3 is 0 Å². The predicted octanol–water partition coefficient (Wildman–Crippen LogP) is 3.41. The van der Waals surface area contributed by atoms with Crippen molar-refractivity contribution in [1.82, 2.24) is 25.4 Å². The van der Waals surface area contributed by atoms with E-state index in [0.29, 0.717) is 25.1 Å². The third kappa shape index (κ3) is 6.49. The first-order valence-electron chi connectivity index (χ1n) is 11.5. The first kappa shape index (κ1) is 24.6. The Hall–Kier alpha value is -2.04. The van der Waals surface area contributed by atoms with Gasteiger partial charge in [0.05, 0.1) is 6.54 Å². The van der Waals surface area contributed by atoms with Crippen molar-refractivity contribution < 1.29 is 9.47 Å². The third-order valence-electron chi connectivity index (χ3n) is 6.11. The van der Waals surface area contributed by atoms with Crippen LogP contribution < -0.4 is 20.1 Å². The number of nitrogens with one attached hydrogen (secondary N) is 2. The number of aromatic nitrogens is 3. The monoisotopic (exact) mass is 554 g/mol. The van der Waals surface area contributed by atoms with Gasteiger partial charge in [0.1, 0.15) is 18.8 Å². The number of benzene rings is 1. The number of ether oxygens (including phenoxy) is 2. The molecule has 3 unspecified atom stereocenters. The van der Waals surface area contributed by atoms with E-state index in [1.165, 1.54) is 25.7 Å².